The van der Waals surface area contributed by atoms with Crippen molar-refractivity contribution in [3.05, 3.63) is 39.8 Å². The average molecular weight is 384 g/mol. The summed E-state index contributed by atoms with van der Waals surface area (Å²) >= 11 is 1.32. The number of rotatable bonds is 7. The van der Waals surface area contributed by atoms with Crippen molar-refractivity contribution >= 4 is 32.4 Å². The fourth-order valence-electron chi connectivity index (χ4n) is 2.22. The summed E-state index contributed by atoms with van der Waals surface area (Å²) in [4.78, 5) is 29.0. The number of nitrogens with zero attached hydrogens (tertiary/aromatic N) is 3. The lowest BCUT2D eigenvalue weighted by molar-refractivity contribution is -0.116. The second-order valence-electron chi connectivity index (χ2n) is 5.24. The Bertz CT molecular complexity index is 914. The third-order valence-electron chi connectivity index (χ3n) is 3.48. The number of carbonyl (C=O) groups excluding carboxylic acids is 1. The maximum absolute atomic E-state index is 12.5. The van der Waals surface area contributed by atoms with Gasteiger partial charge in [0.05, 0.1) is 4.90 Å². The summed E-state index contributed by atoms with van der Waals surface area (Å²) in [5.74, 6) is -0.450. The summed E-state index contributed by atoms with van der Waals surface area (Å²) in [6.07, 6.45) is 2.83. The number of hydrogen-bond donors (Lipinski definition) is 1. The monoisotopic (exact) mass is 384 g/mol. The number of aromatic nitrogens is 2. The van der Waals surface area contributed by atoms with Crippen LogP contribution in [0.5, 0.6) is 0 Å². The van der Waals surface area contributed by atoms with Gasteiger partial charge < -0.3 is 9.88 Å². The van der Waals surface area contributed by atoms with Crippen LogP contribution in [0, 0.1) is 6.92 Å². The van der Waals surface area contributed by atoms with Crippen LogP contribution in [0.4, 0.5) is 5.13 Å². The molecule has 0 fully saturated rings. The van der Waals surface area contributed by atoms with E-state index in [0.29, 0.717) is 18.2 Å². The number of carbonyl (C=O) groups is 1. The first-order valence-electron chi connectivity index (χ1n) is 7.70. The zero-order chi connectivity index (χ0) is 18.6. The number of pyridine rings is 1. The Morgan fingerprint density at radius 1 is 1.32 bits per heavy atom. The fourth-order valence-corrected chi connectivity index (χ4v) is 4.38. The molecule has 0 atom stereocenters. The normalized spacial score (nSPS) is 11.7. The van der Waals surface area contributed by atoms with Crippen molar-refractivity contribution in [2.45, 2.75) is 32.2 Å². The van der Waals surface area contributed by atoms with E-state index in [2.05, 4.69) is 10.3 Å². The Morgan fingerprint density at radius 2 is 2.00 bits per heavy atom. The van der Waals surface area contributed by atoms with Crippen molar-refractivity contribution in [2.24, 2.45) is 0 Å². The Labute approximate surface area is 150 Å². The Balaban J connectivity index is 2.24. The molecule has 0 unspecified atom stereocenters. The van der Waals surface area contributed by atoms with E-state index in [1.807, 2.05) is 6.92 Å². The van der Waals surface area contributed by atoms with E-state index in [9.17, 15) is 18.0 Å². The minimum absolute atomic E-state index is 0.0197. The molecule has 1 amide bonds. The molecule has 0 aliphatic carbocycles. The minimum Gasteiger partial charge on any atom is -0.305 e. The van der Waals surface area contributed by atoms with Crippen molar-refractivity contribution in [3.63, 3.8) is 0 Å². The van der Waals surface area contributed by atoms with Crippen LogP contribution in [0.3, 0.4) is 0 Å². The molecule has 25 heavy (non-hydrogen) atoms. The summed E-state index contributed by atoms with van der Waals surface area (Å²) in [5.41, 5.74) is -0.455. The lowest BCUT2D eigenvalue weighted by Crippen LogP contribution is -2.33. The molecular weight excluding hydrogens is 364 g/mol. The number of aryl methyl sites for hydroxylation is 1. The predicted octanol–water partition coefficient (Wildman–Crippen LogP) is 1.28. The number of amides is 1. The van der Waals surface area contributed by atoms with E-state index >= 15 is 0 Å². The summed E-state index contributed by atoms with van der Waals surface area (Å²) in [7, 11) is -3.70. The van der Waals surface area contributed by atoms with Crippen molar-refractivity contribution in [1.29, 1.82) is 0 Å². The molecule has 0 bridgehead atoms. The van der Waals surface area contributed by atoms with Crippen LogP contribution in [0.15, 0.2) is 34.2 Å². The predicted molar refractivity (Wildman–Crippen MR) is 96.3 cm³/mol. The smallest absolute Gasteiger partial charge is 0.251 e. The van der Waals surface area contributed by atoms with E-state index in [1.165, 1.54) is 27.9 Å². The first kappa shape index (κ1) is 19.3. The highest BCUT2D eigenvalue weighted by Crippen LogP contribution is 2.17. The summed E-state index contributed by atoms with van der Waals surface area (Å²) in [5, 5.41) is 3.02. The fraction of sp³-hybridized carbons (Fsp3) is 0.400. The Kier molecular flexibility index (Phi) is 6.09. The van der Waals surface area contributed by atoms with E-state index in [1.54, 1.807) is 20.0 Å². The maximum atomic E-state index is 12.5. The van der Waals surface area contributed by atoms with E-state index in [0.717, 1.165) is 15.5 Å². The van der Waals surface area contributed by atoms with Gasteiger partial charge >= 0.3 is 0 Å². The number of sulfonamides is 1. The molecule has 0 aromatic carbocycles. The third kappa shape index (κ3) is 4.53. The van der Waals surface area contributed by atoms with Gasteiger partial charge in [-0.05, 0) is 13.0 Å². The number of hydrogen-bond acceptors (Lipinski definition) is 6. The van der Waals surface area contributed by atoms with Crippen LogP contribution in [0.25, 0.3) is 0 Å². The largest absolute Gasteiger partial charge is 0.305 e. The van der Waals surface area contributed by atoms with Gasteiger partial charge in [0.15, 0.2) is 5.13 Å². The SMILES string of the molecule is CCN(CC)S(=O)(=O)c1ccc(=O)n(CC(=O)Nc2ncc(C)s2)c1. The molecule has 10 heteroatoms. The first-order valence-corrected chi connectivity index (χ1v) is 9.96. The average Bonchev–Trinajstić information content (AvgIpc) is 2.95. The van der Waals surface area contributed by atoms with Crippen molar-refractivity contribution < 1.29 is 13.2 Å². The van der Waals surface area contributed by atoms with Gasteiger partial charge in [0.1, 0.15) is 6.54 Å². The second-order valence-corrected chi connectivity index (χ2v) is 8.42. The molecule has 8 nitrogen and oxygen atoms in total. The Hall–Kier alpha value is -2.04. The van der Waals surface area contributed by atoms with E-state index in [-0.39, 0.29) is 11.4 Å². The quantitative estimate of drug-likeness (QED) is 0.775. The summed E-state index contributed by atoms with van der Waals surface area (Å²) in [6.45, 7) is 5.68. The third-order valence-corrected chi connectivity index (χ3v) is 6.34. The van der Waals surface area contributed by atoms with Crippen molar-refractivity contribution in [1.82, 2.24) is 13.9 Å². The number of thiazole rings is 1. The van der Waals surface area contributed by atoms with Crippen LogP contribution < -0.4 is 10.9 Å². The highest BCUT2D eigenvalue weighted by Gasteiger charge is 2.22. The Morgan fingerprint density at radius 3 is 2.56 bits per heavy atom. The molecule has 0 spiro atoms. The van der Waals surface area contributed by atoms with Gasteiger partial charge in [-0.2, -0.15) is 4.31 Å². The molecule has 0 saturated heterocycles. The lowest BCUT2D eigenvalue weighted by atomic mass is 10.4. The minimum atomic E-state index is -3.70. The van der Waals surface area contributed by atoms with Crippen molar-refractivity contribution in [2.75, 3.05) is 18.4 Å². The second kappa shape index (κ2) is 7.89. The van der Waals surface area contributed by atoms with Gasteiger partial charge in [-0.25, -0.2) is 13.4 Å². The van der Waals surface area contributed by atoms with Gasteiger partial charge in [0, 0.05) is 36.4 Å². The molecule has 0 aliphatic heterocycles. The van der Waals surface area contributed by atoms with Crippen LogP contribution in [-0.2, 0) is 21.4 Å². The molecule has 2 aromatic heterocycles. The van der Waals surface area contributed by atoms with Crippen LogP contribution in [0.1, 0.15) is 18.7 Å². The number of anilines is 1. The molecule has 0 saturated carbocycles. The lowest BCUT2D eigenvalue weighted by Gasteiger charge is -2.18. The topological polar surface area (TPSA) is 101 Å². The van der Waals surface area contributed by atoms with E-state index < -0.39 is 21.5 Å². The van der Waals surface area contributed by atoms with Gasteiger partial charge in [-0.15, -0.1) is 11.3 Å². The van der Waals surface area contributed by atoms with Gasteiger partial charge in [0.2, 0.25) is 15.9 Å². The highest BCUT2D eigenvalue weighted by molar-refractivity contribution is 7.89. The molecular formula is C15H20N4O4S2. The van der Waals surface area contributed by atoms with Crippen LogP contribution in [-0.4, -0.2) is 41.3 Å². The van der Waals surface area contributed by atoms with Gasteiger partial charge in [-0.3, -0.25) is 9.59 Å². The maximum Gasteiger partial charge on any atom is 0.251 e. The number of nitrogens with one attached hydrogen (secondary N) is 1. The van der Waals surface area contributed by atoms with Gasteiger partial charge in [-0.1, -0.05) is 13.8 Å². The summed E-state index contributed by atoms with van der Waals surface area (Å²) in [6, 6.07) is 2.41. The standard InChI is InChI=1S/C15H20N4O4S2/c1-4-19(5-2)25(22,23)12-6-7-14(21)18(9-12)10-13(20)17-15-16-8-11(3)24-15/h6-9H,4-5,10H2,1-3H3,(H,16,17,20). The van der Waals surface area contributed by atoms with E-state index in [4.69, 9.17) is 0 Å². The van der Waals surface area contributed by atoms with Crippen LogP contribution >= 0.6 is 11.3 Å². The zero-order valence-corrected chi connectivity index (χ0v) is 15.9. The molecule has 2 aromatic rings. The zero-order valence-electron chi connectivity index (χ0n) is 14.2. The molecule has 1 N–H and O–H groups in total. The highest BCUT2D eigenvalue weighted by atomic mass is 32.2. The molecule has 2 rings (SSSR count). The molecule has 0 radical (unpaired) electrons. The molecule has 0 aliphatic rings. The summed E-state index contributed by atoms with van der Waals surface area (Å²) < 4.78 is 27.4. The van der Waals surface area contributed by atoms with Crippen LogP contribution in [0.2, 0.25) is 0 Å². The molecule has 136 valence electrons. The first-order chi connectivity index (χ1) is 11.8. The van der Waals surface area contributed by atoms with Gasteiger partial charge in [0.25, 0.3) is 5.56 Å². The molecule has 2 heterocycles. The van der Waals surface area contributed by atoms with Crippen molar-refractivity contribution in [3.8, 4) is 0 Å².